The maximum Gasteiger partial charge on any atom is 0.239 e. The average Bonchev–Trinajstić information content (AvgIpc) is 3.49. The highest BCUT2D eigenvalue weighted by atomic mass is 32.2. The summed E-state index contributed by atoms with van der Waals surface area (Å²) in [6, 6.07) is 21.3. The van der Waals surface area contributed by atoms with Crippen molar-refractivity contribution in [2.75, 3.05) is 7.11 Å². The van der Waals surface area contributed by atoms with Crippen molar-refractivity contribution in [3.05, 3.63) is 107 Å². The predicted octanol–water partition coefficient (Wildman–Crippen LogP) is 5.74. The van der Waals surface area contributed by atoms with Gasteiger partial charge >= 0.3 is 0 Å². The Hall–Kier alpha value is -4.01. The van der Waals surface area contributed by atoms with Gasteiger partial charge in [-0.1, -0.05) is 48.5 Å². The normalized spacial score (nSPS) is 13.8. The number of benzene rings is 3. The lowest BCUT2D eigenvalue weighted by molar-refractivity contribution is 0.103. The molecule has 206 valence electrons. The fourth-order valence-corrected chi connectivity index (χ4v) is 6.29. The molecule has 1 heterocycles. The van der Waals surface area contributed by atoms with Gasteiger partial charge < -0.3 is 9.47 Å². The van der Waals surface area contributed by atoms with Gasteiger partial charge in [-0.15, -0.1) is 0 Å². The number of hydrogen-bond donors (Lipinski definition) is 1. The van der Waals surface area contributed by atoms with Crippen LogP contribution in [0.1, 0.15) is 52.7 Å². The molecule has 8 heteroatoms. The maximum atomic E-state index is 14.0. The standard InChI is InChI=1S/C32H32N2O5S/c1-38-28-16-14-25(21-29(28)39-26-9-5-6-10-26)27-15-13-23(12-11-22-17-19-34-20-18-22)30(32(27)40(33,36)37)31(35)24-7-3-2-4-8-24/h2-4,7-8,13-21,26H,5-6,9-12H2,1H3,(H2,33,36,37). The van der Waals surface area contributed by atoms with Gasteiger partial charge in [0.2, 0.25) is 10.0 Å². The van der Waals surface area contributed by atoms with Gasteiger partial charge in [0.05, 0.1) is 13.2 Å². The highest BCUT2D eigenvalue weighted by Gasteiger charge is 2.29. The molecule has 0 atom stereocenters. The molecule has 0 bridgehead atoms. The number of nitrogens with two attached hydrogens (primary N) is 1. The van der Waals surface area contributed by atoms with Gasteiger partial charge in [-0.3, -0.25) is 9.78 Å². The van der Waals surface area contributed by atoms with Crippen molar-refractivity contribution in [1.82, 2.24) is 4.98 Å². The van der Waals surface area contributed by atoms with Gasteiger partial charge in [-0.25, -0.2) is 13.6 Å². The molecule has 1 aromatic heterocycles. The van der Waals surface area contributed by atoms with Crippen LogP contribution in [0.4, 0.5) is 0 Å². The molecular weight excluding hydrogens is 524 g/mol. The van der Waals surface area contributed by atoms with E-state index in [-0.39, 0.29) is 16.6 Å². The molecule has 4 aromatic rings. The number of carbonyl (C=O) groups excluding carboxylic acids is 1. The summed E-state index contributed by atoms with van der Waals surface area (Å²) in [5, 5.41) is 5.87. The third-order valence-corrected chi connectivity index (χ3v) is 8.29. The minimum atomic E-state index is -4.32. The smallest absolute Gasteiger partial charge is 0.239 e. The van der Waals surface area contributed by atoms with E-state index in [1.165, 1.54) is 0 Å². The fraction of sp³-hybridized carbons (Fsp3) is 0.250. The first-order chi connectivity index (χ1) is 19.3. The molecule has 0 saturated heterocycles. The van der Waals surface area contributed by atoms with Crippen LogP contribution in [0.15, 0.2) is 90.1 Å². The van der Waals surface area contributed by atoms with Crippen LogP contribution in [-0.4, -0.2) is 32.4 Å². The third-order valence-electron chi connectivity index (χ3n) is 7.29. The van der Waals surface area contributed by atoms with Gasteiger partial charge in [-0.05, 0) is 79.5 Å². The average molecular weight is 557 g/mol. The highest BCUT2D eigenvalue weighted by Crippen LogP contribution is 2.39. The Bertz CT molecular complexity index is 1600. The van der Waals surface area contributed by atoms with E-state index >= 15 is 0 Å². The molecule has 1 saturated carbocycles. The first-order valence-corrected chi connectivity index (χ1v) is 14.9. The molecule has 0 spiro atoms. The number of nitrogens with zero attached hydrogens (tertiary/aromatic N) is 1. The predicted molar refractivity (Wildman–Crippen MR) is 154 cm³/mol. The van der Waals surface area contributed by atoms with E-state index in [0.29, 0.717) is 46.6 Å². The molecule has 1 aliphatic rings. The van der Waals surface area contributed by atoms with E-state index in [1.807, 2.05) is 18.2 Å². The van der Waals surface area contributed by atoms with Crippen LogP contribution >= 0.6 is 0 Å². The quantitative estimate of drug-likeness (QED) is 0.250. The van der Waals surface area contributed by atoms with Crippen LogP contribution in [0.3, 0.4) is 0 Å². The van der Waals surface area contributed by atoms with Gasteiger partial charge in [0.1, 0.15) is 4.90 Å². The summed E-state index contributed by atoms with van der Waals surface area (Å²) < 4.78 is 38.3. The van der Waals surface area contributed by atoms with Gasteiger partial charge in [0, 0.05) is 29.1 Å². The number of rotatable bonds is 10. The second kappa shape index (κ2) is 12.0. The second-order valence-electron chi connectivity index (χ2n) is 9.96. The minimum Gasteiger partial charge on any atom is -0.493 e. The zero-order valence-corrected chi connectivity index (χ0v) is 23.2. The number of primary sulfonamides is 1. The minimum absolute atomic E-state index is 0.0765. The van der Waals surface area contributed by atoms with Crippen molar-refractivity contribution >= 4 is 15.8 Å². The van der Waals surface area contributed by atoms with E-state index in [9.17, 15) is 13.2 Å². The Morgan fingerprint density at radius 3 is 2.33 bits per heavy atom. The molecule has 2 N–H and O–H groups in total. The lowest BCUT2D eigenvalue weighted by atomic mass is 9.91. The van der Waals surface area contributed by atoms with Crippen molar-refractivity contribution in [2.24, 2.45) is 5.14 Å². The first-order valence-electron chi connectivity index (χ1n) is 13.4. The molecule has 1 aliphatic carbocycles. The highest BCUT2D eigenvalue weighted by molar-refractivity contribution is 7.89. The zero-order valence-electron chi connectivity index (χ0n) is 22.4. The van der Waals surface area contributed by atoms with E-state index in [0.717, 1.165) is 31.2 Å². The van der Waals surface area contributed by atoms with Crippen LogP contribution in [0.25, 0.3) is 11.1 Å². The van der Waals surface area contributed by atoms with Gasteiger partial charge in [0.15, 0.2) is 17.3 Å². The lowest BCUT2D eigenvalue weighted by Crippen LogP contribution is -2.20. The summed E-state index contributed by atoms with van der Waals surface area (Å²) in [5.74, 6) is 0.694. The molecule has 40 heavy (non-hydrogen) atoms. The number of carbonyl (C=O) groups is 1. The molecule has 5 rings (SSSR count). The summed E-state index contributed by atoms with van der Waals surface area (Å²) >= 11 is 0. The number of sulfonamides is 1. The van der Waals surface area contributed by atoms with Gasteiger partial charge in [0.25, 0.3) is 0 Å². The Balaban J connectivity index is 1.66. The Morgan fingerprint density at radius 2 is 1.65 bits per heavy atom. The van der Waals surface area contributed by atoms with E-state index in [4.69, 9.17) is 14.6 Å². The van der Waals surface area contributed by atoms with Crippen LogP contribution in [-0.2, 0) is 22.9 Å². The van der Waals surface area contributed by atoms with Crippen molar-refractivity contribution in [1.29, 1.82) is 0 Å². The number of methoxy groups -OCH3 is 1. The fourth-order valence-electron chi connectivity index (χ4n) is 5.29. The summed E-state index contributed by atoms with van der Waals surface area (Å²) in [7, 11) is -2.75. The summed E-state index contributed by atoms with van der Waals surface area (Å²) in [4.78, 5) is 17.8. The number of aryl methyl sites for hydroxylation is 2. The lowest BCUT2D eigenvalue weighted by Gasteiger charge is -2.20. The summed E-state index contributed by atoms with van der Waals surface area (Å²) in [6.45, 7) is 0. The summed E-state index contributed by atoms with van der Waals surface area (Å²) in [6.07, 6.45) is 8.66. The Labute approximate surface area is 235 Å². The molecule has 7 nitrogen and oxygen atoms in total. The van der Waals surface area contributed by atoms with Crippen LogP contribution in [0.2, 0.25) is 0 Å². The maximum absolute atomic E-state index is 14.0. The second-order valence-corrected chi connectivity index (χ2v) is 11.5. The monoisotopic (exact) mass is 556 g/mol. The van der Waals surface area contributed by atoms with Crippen molar-refractivity contribution in [3.63, 3.8) is 0 Å². The summed E-state index contributed by atoms with van der Waals surface area (Å²) in [5.41, 5.74) is 3.02. The molecule has 0 amide bonds. The number of ketones is 1. The van der Waals surface area contributed by atoms with Gasteiger partial charge in [-0.2, -0.15) is 0 Å². The van der Waals surface area contributed by atoms with Crippen molar-refractivity contribution < 1.29 is 22.7 Å². The number of ether oxygens (including phenoxy) is 2. The van der Waals surface area contributed by atoms with Crippen LogP contribution in [0.5, 0.6) is 11.5 Å². The third kappa shape index (κ3) is 6.08. The number of hydrogen-bond acceptors (Lipinski definition) is 6. The van der Waals surface area contributed by atoms with E-state index in [2.05, 4.69) is 4.98 Å². The number of aromatic nitrogens is 1. The molecule has 1 fully saturated rings. The topological polar surface area (TPSA) is 109 Å². The van der Waals surface area contributed by atoms with Crippen LogP contribution in [0, 0.1) is 0 Å². The van der Waals surface area contributed by atoms with E-state index < -0.39 is 15.8 Å². The molecular formula is C32H32N2O5S. The van der Waals surface area contributed by atoms with Crippen molar-refractivity contribution in [3.8, 4) is 22.6 Å². The van der Waals surface area contributed by atoms with Crippen molar-refractivity contribution in [2.45, 2.75) is 49.5 Å². The van der Waals surface area contributed by atoms with Crippen LogP contribution < -0.4 is 14.6 Å². The molecule has 0 radical (unpaired) electrons. The van der Waals surface area contributed by atoms with E-state index in [1.54, 1.807) is 74.1 Å². The number of pyridine rings is 1. The SMILES string of the molecule is COc1ccc(-c2ccc(CCc3ccncc3)c(C(=O)c3ccccc3)c2S(N)(=O)=O)cc1OC1CCCC1. The first kappa shape index (κ1) is 27.6. The zero-order chi connectivity index (χ0) is 28.1. The largest absolute Gasteiger partial charge is 0.493 e. The Morgan fingerprint density at radius 1 is 0.925 bits per heavy atom. The Kier molecular flexibility index (Phi) is 8.28. The molecule has 0 aliphatic heterocycles. The molecule has 0 unspecified atom stereocenters. The molecule has 3 aromatic carbocycles.